The summed E-state index contributed by atoms with van der Waals surface area (Å²) in [6, 6.07) is 16.8. The van der Waals surface area contributed by atoms with Crippen molar-refractivity contribution >= 4 is 21.6 Å². The van der Waals surface area contributed by atoms with Crippen molar-refractivity contribution in [3.63, 3.8) is 0 Å². The zero-order valence-electron chi connectivity index (χ0n) is 19.0. The van der Waals surface area contributed by atoms with Crippen LogP contribution in [0.3, 0.4) is 0 Å². The summed E-state index contributed by atoms with van der Waals surface area (Å²) in [5.74, 6) is 1.65. The smallest absolute Gasteiger partial charge is 0.264 e. The van der Waals surface area contributed by atoms with Crippen LogP contribution in [0.25, 0.3) is 0 Å². The summed E-state index contributed by atoms with van der Waals surface area (Å²) in [4.78, 5) is 12.9. The average molecular weight is 497 g/mol. The van der Waals surface area contributed by atoms with E-state index in [9.17, 15) is 13.2 Å². The SMILES string of the molecule is Cc1ccc(N(CC(=O)NCc2ccc3c(c2)OCO3)S(=O)(=O)c2ccc3c(c2)OCCO3)cc1. The summed E-state index contributed by atoms with van der Waals surface area (Å²) in [5, 5.41) is 2.79. The summed E-state index contributed by atoms with van der Waals surface area (Å²) in [6.45, 7) is 2.61. The number of anilines is 1. The minimum Gasteiger partial charge on any atom is -0.486 e. The van der Waals surface area contributed by atoms with Crippen LogP contribution in [-0.2, 0) is 21.4 Å². The van der Waals surface area contributed by atoms with Crippen molar-refractivity contribution in [2.75, 3.05) is 30.9 Å². The number of nitrogens with one attached hydrogen (secondary N) is 1. The van der Waals surface area contributed by atoms with Crippen LogP contribution in [0, 0.1) is 6.92 Å². The molecule has 0 unspecified atom stereocenters. The van der Waals surface area contributed by atoms with E-state index in [1.807, 2.05) is 13.0 Å². The first kappa shape index (κ1) is 22.9. The van der Waals surface area contributed by atoms with Gasteiger partial charge in [0.25, 0.3) is 10.0 Å². The lowest BCUT2D eigenvalue weighted by atomic mass is 10.2. The number of fused-ring (bicyclic) bond motifs is 2. The second-order valence-corrected chi connectivity index (χ2v) is 9.98. The molecule has 0 aromatic heterocycles. The molecule has 3 aromatic carbocycles. The standard InChI is InChI=1S/C25H24N2O7S/c1-17-2-5-19(6-3-17)27(35(29,30)20-7-9-21-24(13-20)32-11-10-31-21)15-25(28)26-14-18-4-8-22-23(12-18)34-16-33-22/h2-9,12-13H,10-11,14-16H2,1H3,(H,26,28). The molecule has 2 aliphatic rings. The van der Waals surface area contributed by atoms with Crippen LogP contribution >= 0.6 is 0 Å². The number of hydrogen-bond acceptors (Lipinski definition) is 7. The Morgan fingerprint density at radius 3 is 2.31 bits per heavy atom. The van der Waals surface area contributed by atoms with Crippen LogP contribution in [0.2, 0.25) is 0 Å². The minimum absolute atomic E-state index is 0.00546. The first-order valence-electron chi connectivity index (χ1n) is 11.0. The molecule has 0 fully saturated rings. The fourth-order valence-electron chi connectivity index (χ4n) is 3.78. The second-order valence-electron chi connectivity index (χ2n) is 8.12. The topological polar surface area (TPSA) is 103 Å². The van der Waals surface area contributed by atoms with Gasteiger partial charge in [0.1, 0.15) is 19.8 Å². The summed E-state index contributed by atoms with van der Waals surface area (Å²) in [6.07, 6.45) is 0. The largest absolute Gasteiger partial charge is 0.486 e. The van der Waals surface area contributed by atoms with Crippen molar-refractivity contribution in [2.45, 2.75) is 18.4 Å². The molecule has 0 saturated heterocycles. The number of carbonyl (C=O) groups is 1. The van der Waals surface area contributed by atoms with E-state index in [1.165, 1.54) is 12.1 Å². The van der Waals surface area contributed by atoms with Crippen LogP contribution in [-0.4, -0.2) is 40.9 Å². The molecule has 0 spiro atoms. The van der Waals surface area contributed by atoms with Crippen LogP contribution in [0.5, 0.6) is 23.0 Å². The van der Waals surface area contributed by atoms with Gasteiger partial charge in [-0.15, -0.1) is 0 Å². The van der Waals surface area contributed by atoms with Gasteiger partial charge in [0.15, 0.2) is 23.0 Å². The van der Waals surface area contributed by atoms with Crippen LogP contribution in [0.1, 0.15) is 11.1 Å². The van der Waals surface area contributed by atoms with E-state index in [1.54, 1.807) is 42.5 Å². The van der Waals surface area contributed by atoms with E-state index in [4.69, 9.17) is 18.9 Å². The van der Waals surface area contributed by atoms with Crippen LogP contribution in [0.15, 0.2) is 65.6 Å². The molecule has 1 amide bonds. The van der Waals surface area contributed by atoms with Crippen LogP contribution in [0.4, 0.5) is 5.69 Å². The molecule has 0 aliphatic carbocycles. The number of nitrogens with zero attached hydrogens (tertiary/aromatic N) is 1. The van der Waals surface area contributed by atoms with Gasteiger partial charge < -0.3 is 24.3 Å². The van der Waals surface area contributed by atoms with E-state index >= 15 is 0 Å². The molecular formula is C25H24N2O7S. The molecule has 3 aromatic rings. The summed E-state index contributed by atoms with van der Waals surface area (Å²) >= 11 is 0. The van der Waals surface area contributed by atoms with Gasteiger partial charge in [0.05, 0.1) is 10.6 Å². The fraction of sp³-hybridized carbons (Fsp3) is 0.240. The van der Waals surface area contributed by atoms with Gasteiger partial charge in [-0.05, 0) is 48.9 Å². The highest BCUT2D eigenvalue weighted by molar-refractivity contribution is 7.92. The normalized spacial score (nSPS) is 13.9. The number of ether oxygens (including phenoxy) is 4. The number of benzene rings is 3. The summed E-state index contributed by atoms with van der Waals surface area (Å²) < 4.78 is 50.1. The van der Waals surface area contributed by atoms with Gasteiger partial charge in [0.2, 0.25) is 12.7 Å². The Labute approximate surface area is 203 Å². The molecule has 0 saturated carbocycles. The highest BCUT2D eigenvalue weighted by Gasteiger charge is 2.29. The Balaban J connectivity index is 1.38. The van der Waals surface area contributed by atoms with Crippen molar-refractivity contribution in [3.05, 3.63) is 71.8 Å². The number of hydrogen-bond donors (Lipinski definition) is 1. The Morgan fingerprint density at radius 1 is 0.857 bits per heavy atom. The Kier molecular flexibility index (Phi) is 6.12. The molecular weight excluding hydrogens is 472 g/mol. The van der Waals surface area contributed by atoms with Gasteiger partial charge in [-0.1, -0.05) is 23.8 Å². The maximum absolute atomic E-state index is 13.7. The fourth-order valence-corrected chi connectivity index (χ4v) is 5.21. The van der Waals surface area contributed by atoms with Gasteiger partial charge >= 0.3 is 0 Å². The highest BCUT2D eigenvalue weighted by atomic mass is 32.2. The number of amides is 1. The molecule has 182 valence electrons. The average Bonchev–Trinajstić information content (AvgIpc) is 3.34. The van der Waals surface area contributed by atoms with E-state index in [-0.39, 0.29) is 18.2 Å². The Bertz CT molecular complexity index is 1360. The number of sulfonamides is 1. The molecule has 0 bridgehead atoms. The number of aryl methyl sites for hydroxylation is 1. The first-order chi connectivity index (χ1) is 16.9. The summed E-state index contributed by atoms with van der Waals surface area (Å²) in [7, 11) is -4.09. The zero-order valence-corrected chi connectivity index (χ0v) is 19.8. The van der Waals surface area contributed by atoms with Crippen LogP contribution < -0.4 is 28.6 Å². The first-order valence-corrected chi connectivity index (χ1v) is 12.5. The third kappa shape index (κ3) is 4.83. The monoisotopic (exact) mass is 496 g/mol. The molecule has 1 N–H and O–H groups in total. The van der Waals surface area contributed by atoms with E-state index in [0.29, 0.717) is 41.9 Å². The molecule has 35 heavy (non-hydrogen) atoms. The predicted molar refractivity (Wildman–Crippen MR) is 128 cm³/mol. The van der Waals surface area contributed by atoms with Crippen molar-refractivity contribution in [2.24, 2.45) is 0 Å². The van der Waals surface area contributed by atoms with Gasteiger partial charge in [-0.3, -0.25) is 9.10 Å². The lowest BCUT2D eigenvalue weighted by Crippen LogP contribution is -2.40. The van der Waals surface area contributed by atoms with Gasteiger partial charge in [-0.25, -0.2) is 8.42 Å². The van der Waals surface area contributed by atoms with Crippen molar-refractivity contribution in [3.8, 4) is 23.0 Å². The van der Waals surface area contributed by atoms with Gasteiger partial charge in [-0.2, -0.15) is 0 Å². The lowest BCUT2D eigenvalue weighted by Gasteiger charge is -2.25. The quantitative estimate of drug-likeness (QED) is 0.536. The van der Waals surface area contributed by atoms with Crippen molar-refractivity contribution in [1.82, 2.24) is 5.32 Å². The van der Waals surface area contributed by atoms with Crippen molar-refractivity contribution in [1.29, 1.82) is 0 Å². The molecule has 0 atom stereocenters. The third-order valence-electron chi connectivity index (χ3n) is 5.64. The maximum Gasteiger partial charge on any atom is 0.264 e. The Hall–Kier alpha value is -3.92. The molecule has 9 nitrogen and oxygen atoms in total. The summed E-state index contributed by atoms with van der Waals surface area (Å²) in [5.41, 5.74) is 2.15. The maximum atomic E-state index is 13.7. The number of rotatable bonds is 7. The Morgan fingerprint density at radius 2 is 1.51 bits per heavy atom. The second kappa shape index (κ2) is 9.38. The van der Waals surface area contributed by atoms with E-state index in [0.717, 1.165) is 15.4 Å². The highest BCUT2D eigenvalue weighted by Crippen LogP contribution is 2.34. The molecule has 2 heterocycles. The van der Waals surface area contributed by atoms with E-state index < -0.39 is 22.5 Å². The molecule has 0 radical (unpaired) electrons. The predicted octanol–water partition coefficient (Wildman–Crippen LogP) is 3.01. The lowest BCUT2D eigenvalue weighted by molar-refractivity contribution is -0.119. The molecule has 5 rings (SSSR count). The van der Waals surface area contributed by atoms with Gasteiger partial charge in [0, 0.05) is 12.6 Å². The zero-order chi connectivity index (χ0) is 24.4. The van der Waals surface area contributed by atoms with E-state index in [2.05, 4.69) is 5.32 Å². The third-order valence-corrected chi connectivity index (χ3v) is 7.41. The number of carbonyl (C=O) groups excluding carboxylic acids is 1. The minimum atomic E-state index is -4.09. The molecule has 2 aliphatic heterocycles. The molecule has 10 heteroatoms. The van der Waals surface area contributed by atoms with Crippen molar-refractivity contribution < 1.29 is 32.2 Å².